The zero-order chi connectivity index (χ0) is 10.7. The Bertz CT molecular complexity index is 321. The number of ether oxygens (including phenoxy) is 1. The fraction of sp³-hybridized carbons (Fsp3) is 0.500. The van der Waals surface area contributed by atoms with E-state index in [9.17, 15) is 4.39 Å². The maximum absolute atomic E-state index is 13.0. The quantitative estimate of drug-likeness (QED) is 0.806. The second-order valence-corrected chi connectivity index (χ2v) is 3.89. The Kier molecular flexibility index (Phi) is 3.34. The number of rotatable bonds is 2. The van der Waals surface area contributed by atoms with E-state index in [4.69, 9.17) is 4.74 Å². The van der Waals surface area contributed by atoms with Gasteiger partial charge in [0, 0.05) is 12.6 Å². The van der Waals surface area contributed by atoms with E-state index in [-0.39, 0.29) is 11.9 Å². The number of morpholine rings is 1. The van der Waals surface area contributed by atoms with Crippen molar-refractivity contribution in [3.05, 3.63) is 35.6 Å². The summed E-state index contributed by atoms with van der Waals surface area (Å²) in [5, 5.41) is 3.39. The summed E-state index contributed by atoms with van der Waals surface area (Å²) in [6.45, 7) is 3.60. The summed E-state index contributed by atoms with van der Waals surface area (Å²) >= 11 is 0. The maximum atomic E-state index is 13.0. The van der Waals surface area contributed by atoms with Crippen LogP contribution in [0.2, 0.25) is 0 Å². The van der Waals surface area contributed by atoms with Crippen molar-refractivity contribution < 1.29 is 9.13 Å². The molecule has 1 N–H and O–H groups in total. The van der Waals surface area contributed by atoms with Crippen LogP contribution in [-0.4, -0.2) is 19.2 Å². The minimum atomic E-state index is -0.200. The summed E-state index contributed by atoms with van der Waals surface area (Å²) in [6.07, 6.45) is 1.05. The van der Waals surface area contributed by atoms with Crippen LogP contribution in [0.3, 0.4) is 0 Å². The molecule has 1 fully saturated rings. The molecule has 2 unspecified atom stereocenters. The highest BCUT2D eigenvalue weighted by Gasteiger charge is 2.21. The first kappa shape index (κ1) is 10.6. The Morgan fingerprint density at radius 2 is 2.40 bits per heavy atom. The Morgan fingerprint density at radius 3 is 3.00 bits per heavy atom. The van der Waals surface area contributed by atoms with E-state index < -0.39 is 0 Å². The molecule has 15 heavy (non-hydrogen) atoms. The number of halogens is 1. The molecule has 0 spiro atoms. The first-order valence-corrected chi connectivity index (χ1v) is 5.40. The molecule has 0 bridgehead atoms. The zero-order valence-corrected chi connectivity index (χ0v) is 8.87. The highest BCUT2D eigenvalue weighted by atomic mass is 19.1. The predicted molar refractivity (Wildman–Crippen MR) is 57.2 cm³/mol. The van der Waals surface area contributed by atoms with Crippen molar-refractivity contribution in [1.29, 1.82) is 0 Å². The molecule has 1 saturated heterocycles. The monoisotopic (exact) mass is 209 g/mol. The molecule has 0 aromatic heterocycles. The third-order valence-corrected chi connectivity index (χ3v) is 2.80. The van der Waals surface area contributed by atoms with Gasteiger partial charge in [-0.25, -0.2) is 4.39 Å². The van der Waals surface area contributed by atoms with Crippen molar-refractivity contribution in [2.24, 2.45) is 0 Å². The van der Waals surface area contributed by atoms with Gasteiger partial charge in [-0.2, -0.15) is 0 Å². The lowest BCUT2D eigenvalue weighted by Crippen LogP contribution is -2.42. The van der Waals surface area contributed by atoms with Gasteiger partial charge < -0.3 is 10.1 Å². The normalized spacial score (nSPS) is 26.5. The predicted octanol–water partition coefficient (Wildman–Crippen LogP) is 2.27. The van der Waals surface area contributed by atoms with Gasteiger partial charge in [0.15, 0.2) is 0 Å². The van der Waals surface area contributed by atoms with Crippen molar-refractivity contribution in [3.63, 3.8) is 0 Å². The van der Waals surface area contributed by atoms with Crippen LogP contribution in [0.5, 0.6) is 0 Å². The minimum absolute atomic E-state index is 0.0106. The van der Waals surface area contributed by atoms with Gasteiger partial charge in [0.1, 0.15) is 5.82 Å². The van der Waals surface area contributed by atoms with Crippen LogP contribution in [0, 0.1) is 5.82 Å². The molecular formula is C12H16FNO. The van der Waals surface area contributed by atoms with Crippen LogP contribution in [0.1, 0.15) is 25.0 Å². The smallest absolute Gasteiger partial charge is 0.123 e. The highest BCUT2D eigenvalue weighted by Crippen LogP contribution is 2.21. The van der Waals surface area contributed by atoms with Crippen molar-refractivity contribution in [2.75, 3.05) is 13.2 Å². The Labute approximate surface area is 89.4 Å². The molecule has 1 heterocycles. The lowest BCUT2D eigenvalue weighted by Gasteiger charge is -2.30. The lowest BCUT2D eigenvalue weighted by molar-refractivity contribution is 0.00208. The third kappa shape index (κ3) is 2.55. The largest absolute Gasteiger partial charge is 0.371 e. The molecule has 1 aromatic rings. The molecule has 0 saturated carbocycles. The molecular weight excluding hydrogens is 193 g/mol. The number of benzene rings is 1. The zero-order valence-electron chi connectivity index (χ0n) is 8.87. The van der Waals surface area contributed by atoms with Crippen LogP contribution >= 0.6 is 0 Å². The van der Waals surface area contributed by atoms with Gasteiger partial charge in [-0.1, -0.05) is 19.1 Å². The molecule has 82 valence electrons. The fourth-order valence-electron chi connectivity index (χ4n) is 1.81. The summed E-state index contributed by atoms with van der Waals surface area (Å²) in [5.41, 5.74) is 0.914. The summed E-state index contributed by atoms with van der Waals surface area (Å²) in [5.74, 6) is -0.200. The van der Waals surface area contributed by atoms with Crippen molar-refractivity contribution in [2.45, 2.75) is 25.5 Å². The van der Waals surface area contributed by atoms with Gasteiger partial charge in [-0.15, -0.1) is 0 Å². The van der Waals surface area contributed by atoms with E-state index in [0.29, 0.717) is 12.6 Å². The van der Waals surface area contributed by atoms with Gasteiger partial charge >= 0.3 is 0 Å². The highest BCUT2D eigenvalue weighted by molar-refractivity contribution is 5.19. The van der Waals surface area contributed by atoms with Crippen LogP contribution < -0.4 is 5.32 Å². The SMILES string of the molecule is CCC1COC(c2cccc(F)c2)CN1. The van der Waals surface area contributed by atoms with Crippen molar-refractivity contribution in [1.82, 2.24) is 5.32 Å². The van der Waals surface area contributed by atoms with E-state index in [1.807, 2.05) is 6.07 Å². The van der Waals surface area contributed by atoms with E-state index in [2.05, 4.69) is 12.2 Å². The average Bonchev–Trinajstić information content (AvgIpc) is 2.29. The third-order valence-electron chi connectivity index (χ3n) is 2.80. The van der Waals surface area contributed by atoms with Gasteiger partial charge in [0.25, 0.3) is 0 Å². The van der Waals surface area contributed by atoms with Gasteiger partial charge in [0.2, 0.25) is 0 Å². The molecule has 2 nitrogen and oxygen atoms in total. The summed E-state index contributed by atoms with van der Waals surface area (Å²) in [6, 6.07) is 7.06. The lowest BCUT2D eigenvalue weighted by atomic mass is 10.1. The molecule has 1 aliphatic heterocycles. The Morgan fingerprint density at radius 1 is 1.53 bits per heavy atom. The van der Waals surface area contributed by atoms with Gasteiger partial charge in [0.05, 0.1) is 12.7 Å². The summed E-state index contributed by atoms with van der Waals surface area (Å²) in [7, 11) is 0. The molecule has 0 aliphatic carbocycles. The maximum Gasteiger partial charge on any atom is 0.123 e. The summed E-state index contributed by atoms with van der Waals surface area (Å²) < 4.78 is 18.7. The average molecular weight is 209 g/mol. The fourth-order valence-corrected chi connectivity index (χ4v) is 1.81. The van der Waals surface area contributed by atoms with Gasteiger partial charge in [-0.3, -0.25) is 0 Å². The standard InChI is InChI=1S/C12H16FNO/c1-2-11-8-15-12(7-14-11)9-4-3-5-10(13)6-9/h3-6,11-12,14H,2,7-8H2,1H3. The molecule has 2 atom stereocenters. The number of hydrogen-bond donors (Lipinski definition) is 1. The Balaban J connectivity index is 2.01. The second-order valence-electron chi connectivity index (χ2n) is 3.89. The Hall–Kier alpha value is -0.930. The summed E-state index contributed by atoms with van der Waals surface area (Å²) in [4.78, 5) is 0. The van der Waals surface area contributed by atoms with Gasteiger partial charge in [-0.05, 0) is 24.1 Å². The first-order valence-electron chi connectivity index (χ1n) is 5.40. The minimum Gasteiger partial charge on any atom is -0.371 e. The van der Waals surface area contributed by atoms with E-state index in [1.54, 1.807) is 12.1 Å². The number of nitrogens with one attached hydrogen (secondary N) is 1. The molecule has 1 aromatic carbocycles. The molecule has 2 rings (SSSR count). The van der Waals surface area contributed by atoms with Crippen molar-refractivity contribution >= 4 is 0 Å². The second kappa shape index (κ2) is 4.73. The molecule has 3 heteroatoms. The molecule has 1 aliphatic rings. The van der Waals surface area contributed by atoms with Crippen LogP contribution in [0.25, 0.3) is 0 Å². The van der Waals surface area contributed by atoms with E-state index in [0.717, 1.165) is 18.5 Å². The topological polar surface area (TPSA) is 21.3 Å². The van der Waals surface area contributed by atoms with Crippen LogP contribution in [0.15, 0.2) is 24.3 Å². The van der Waals surface area contributed by atoms with E-state index in [1.165, 1.54) is 6.07 Å². The number of hydrogen-bond acceptors (Lipinski definition) is 2. The van der Waals surface area contributed by atoms with E-state index >= 15 is 0 Å². The van der Waals surface area contributed by atoms with Crippen LogP contribution in [-0.2, 0) is 4.74 Å². The van der Waals surface area contributed by atoms with Crippen molar-refractivity contribution in [3.8, 4) is 0 Å². The molecule has 0 amide bonds. The molecule has 0 radical (unpaired) electrons. The first-order chi connectivity index (χ1) is 7.29. The van der Waals surface area contributed by atoms with Crippen LogP contribution in [0.4, 0.5) is 4.39 Å².